The summed E-state index contributed by atoms with van der Waals surface area (Å²) in [6.45, 7) is 1.88. The summed E-state index contributed by atoms with van der Waals surface area (Å²) < 4.78 is 12.4. The first kappa shape index (κ1) is 15.5. The van der Waals surface area contributed by atoms with Gasteiger partial charge in [-0.3, -0.25) is 19.1 Å². The van der Waals surface area contributed by atoms with Gasteiger partial charge in [0.25, 0.3) is 5.56 Å². The molecule has 1 aromatic rings. The lowest BCUT2D eigenvalue weighted by molar-refractivity contribution is -0.139. The van der Waals surface area contributed by atoms with Crippen molar-refractivity contribution in [1.29, 1.82) is 0 Å². The van der Waals surface area contributed by atoms with Crippen LogP contribution in [0.5, 0.6) is 0 Å². The van der Waals surface area contributed by atoms with Crippen LogP contribution in [0.3, 0.4) is 0 Å². The third kappa shape index (κ3) is 3.06. The predicted molar refractivity (Wildman–Crippen MR) is 72.1 cm³/mol. The minimum atomic E-state index is -0.946. The predicted octanol–water partition coefficient (Wildman–Crippen LogP) is -0.0501. The maximum Gasteiger partial charge on any atom is 0.330 e. The van der Waals surface area contributed by atoms with Crippen molar-refractivity contribution < 1.29 is 19.4 Å². The molecule has 21 heavy (non-hydrogen) atoms. The average molecular weight is 298 g/mol. The van der Waals surface area contributed by atoms with Crippen LogP contribution in [-0.2, 0) is 14.3 Å². The van der Waals surface area contributed by atoms with Crippen LogP contribution in [0.1, 0.15) is 26.0 Å². The Morgan fingerprint density at radius 1 is 1.52 bits per heavy atom. The zero-order chi connectivity index (χ0) is 15.6. The Balaban J connectivity index is 2.37. The van der Waals surface area contributed by atoms with Crippen LogP contribution in [0.15, 0.2) is 21.9 Å². The lowest BCUT2D eigenvalue weighted by atomic mass is 9.92. The molecule has 1 aliphatic heterocycles. The molecule has 2 N–H and O–H groups in total. The first-order valence-electron chi connectivity index (χ1n) is 6.69. The van der Waals surface area contributed by atoms with Crippen molar-refractivity contribution in [1.82, 2.24) is 9.55 Å². The molecule has 8 nitrogen and oxygen atoms in total. The standard InChI is InChI=1S/C13H18N2O6/c1-3-8-7(6-10(17)18)11(20-2)12(21-8)15-5-4-9(16)14-13(15)19/h4-5,7-8,11-12H,3,6H2,1-2H3,(H,17,18)(H,14,16,19)/t7?,8-,11+,12-/m1/s1. The maximum absolute atomic E-state index is 11.9. The Kier molecular flexibility index (Phi) is 4.59. The normalized spacial score (nSPS) is 28.7. The number of carbonyl (C=O) groups is 1. The van der Waals surface area contributed by atoms with Crippen LogP contribution in [0.2, 0.25) is 0 Å². The number of ether oxygens (including phenoxy) is 2. The van der Waals surface area contributed by atoms with E-state index in [-0.39, 0.29) is 18.4 Å². The molecule has 0 amide bonds. The van der Waals surface area contributed by atoms with Crippen LogP contribution >= 0.6 is 0 Å². The van der Waals surface area contributed by atoms with Crippen LogP contribution in [0, 0.1) is 5.92 Å². The van der Waals surface area contributed by atoms with Gasteiger partial charge in [0.2, 0.25) is 0 Å². The van der Waals surface area contributed by atoms with Crippen molar-refractivity contribution in [2.75, 3.05) is 7.11 Å². The van der Waals surface area contributed by atoms with Crippen LogP contribution < -0.4 is 11.2 Å². The fourth-order valence-corrected chi connectivity index (χ4v) is 2.77. The number of nitrogens with one attached hydrogen (secondary N) is 1. The van der Waals surface area contributed by atoms with Gasteiger partial charge in [0.1, 0.15) is 6.10 Å². The van der Waals surface area contributed by atoms with Gasteiger partial charge in [0, 0.05) is 25.3 Å². The highest BCUT2D eigenvalue weighted by molar-refractivity contribution is 5.67. The number of carboxylic acid groups (broad SMARTS) is 1. The van der Waals surface area contributed by atoms with Gasteiger partial charge in [-0.25, -0.2) is 4.79 Å². The van der Waals surface area contributed by atoms with E-state index in [0.29, 0.717) is 6.42 Å². The largest absolute Gasteiger partial charge is 0.481 e. The van der Waals surface area contributed by atoms with Gasteiger partial charge < -0.3 is 14.6 Å². The molecule has 1 aliphatic rings. The number of hydrogen-bond donors (Lipinski definition) is 2. The van der Waals surface area contributed by atoms with E-state index in [4.69, 9.17) is 14.6 Å². The summed E-state index contributed by atoms with van der Waals surface area (Å²) in [7, 11) is 1.45. The summed E-state index contributed by atoms with van der Waals surface area (Å²) in [6, 6.07) is 1.21. The summed E-state index contributed by atoms with van der Waals surface area (Å²) >= 11 is 0. The summed E-state index contributed by atoms with van der Waals surface area (Å²) in [5, 5.41) is 9.02. The molecule has 0 spiro atoms. The van der Waals surface area contributed by atoms with Crippen molar-refractivity contribution in [3.8, 4) is 0 Å². The van der Waals surface area contributed by atoms with Crippen molar-refractivity contribution in [3.05, 3.63) is 33.1 Å². The van der Waals surface area contributed by atoms with Gasteiger partial charge in [0.15, 0.2) is 6.23 Å². The van der Waals surface area contributed by atoms with Gasteiger partial charge in [-0.2, -0.15) is 0 Å². The van der Waals surface area contributed by atoms with Gasteiger partial charge >= 0.3 is 11.7 Å². The Hall–Kier alpha value is -1.93. The first-order chi connectivity index (χ1) is 9.97. The van der Waals surface area contributed by atoms with Gasteiger partial charge in [-0.1, -0.05) is 6.92 Å². The van der Waals surface area contributed by atoms with Crippen LogP contribution in [-0.4, -0.2) is 39.9 Å². The molecule has 0 saturated carbocycles. The Morgan fingerprint density at radius 2 is 2.24 bits per heavy atom. The molecule has 2 rings (SSSR count). The van der Waals surface area contributed by atoms with Crippen molar-refractivity contribution in [2.24, 2.45) is 5.92 Å². The van der Waals surface area contributed by atoms with E-state index in [0.717, 1.165) is 0 Å². The van der Waals surface area contributed by atoms with Crippen molar-refractivity contribution in [3.63, 3.8) is 0 Å². The number of aromatic amines is 1. The Bertz CT molecular complexity index is 622. The monoisotopic (exact) mass is 298 g/mol. The smallest absolute Gasteiger partial charge is 0.330 e. The fraction of sp³-hybridized carbons (Fsp3) is 0.615. The van der Waals surface area contributed by atoms with Crippen LogP contribution in [0.4, 0.5) is 0 Å². The highest BCUT2D eigenvalue weighted by Crippen LogP contribution is 2.38. The van der Waals surface area contributed by atoms with E-state index in [1.165, 1.54) is 23.9 Å². The lowest BCUT2D eigenvalue weighted by Gasteiger charge is -2.22. The molecular formula is C13H18N2O6. The minimum absolute atomic E-state index is 0.106. The van der Waals surface area contributed by atoms with Gasteiger partial charge in [-0.05, 0) is 6.42 Å². The minimum Gasteiger partial charge on any atom is -0.481 e. The van der Waals surface area contributed by atoms with E-state index in [1.54, 1.807) is 0 Å². The van der Waals surface area contributed by atoms with Crippen molar-refractivity contribution >= 4 is 5.97 Å². The molecule has 0 bridgehead atoms. The number of aromatic nitrogens is 2. The summed E-state index contributed by atoms with van der Waals surface area (Å²) in [4.78, 5) is 36.1. The van der Waals surface area contributed by atoms with Crippen LogP contribution in [0.25, 0.3) is 0 Å². The molecule has 0 aromatic carbocycles. The van der Waals surface area contributed by atoms with Gasteiger partial charge in [0.05, 0.1) is 12.5 Å². The molecule has 1 unspecified atom stereocenters. The van der Waals surface area contributed by atoms with Gasteiger partial charge in [-0.15, -0.1) is 0 Å². The molecular weight excluding hydrogens is 280 g/mol. The molecule has 2 heterocycles. The van der Waals surface area contributed by atoms with E-state index in [1.807, 2.05) is 6.92 Å². The quantitative estimate of drug-likeness (QED) is 0.788. The number of nitrogens with zero attached hydrogens (tertiary/aromatic N) is 1. The highest BCUT2D eigenvalue weighted by Gasteiger charge is 2.46. The Labute approximate surface area is 120 Å². The number of hydrogen-bond acceptors (Lipinski definition) is 5. The van der Waals surface area contributed by atoms with Crippen molar-refractivity contribution in [2.45, 2.75) is 38.2 Å². The number of rotatable bonds is 5. The number of methoxy groups -OCH3 is 1. The molecule has 0 radical (unpaired) electrons. The number of carboxylic acids is 1. The van der Waals surface area contributed by atoms with E-state index >= 15 is 0 Å². The average Bonchev–Trinajstić information content (AvgIpc) is 2.75. The number of H-pyrrole nitrogens is 1. The first-order valence-corrected chi connectivity index (χ1v) is 6.69. The third-order valence-corrected chi connectivity index (χ3v) is 3.70. The number of aliphatic carboxylic acids is 1. The molecule has 4 atom stereocenters. The molecule has 1 fully saturated rings. The molecule has 1 aromatic heterocycles. The molecule has 116 valence electrons. The second-order valence-electron chi connectivity index (χ2n) is 4.95. The second kappa shape index (κ2) is 6.23. The molecule has 0 aliphatic carbocycles. The fourth-order valence-electron chi connectivity index (χ4n) is 2.77. The summed E-state index contributed by atoms with van der Waals surface area (Å²) in [5.41, 5.74) is -1.11. The molecule has 8 heteroatoms. The zero-order valence-corrected chi connectivity index (χ0v) is 11.8. The molecule has 1 saturated heterocycles. The SMILES string of the molecule is CC[C@H]1O[C@@H](n2ccc(=O)[nH]c2=O)[C@@H](OC)C1CC(=O)O. The summed E-state index contributed by atoms with van der Waals surface area (Å²) in [6.07, 6.45) is 0.171. The van der Waals surface area contributed by atoms with E-state index in [9.17, 15) is 14.4 Å². The summed E-state index contributed by atoms with van der Waals surface area (Å²) in [5.74, 6) is -1.31. The van der Waals surface area contributed by atoms with E-state index in [2.05, 4.69) is 4.98 Å². The topological polar surface area (TPSA) is 111 Å². The zero-order valence-electron chi connectivity index (χ0n) is 11.8. The maximum atomic E-state index is 11.9. The second-order valence-corrected chi connectivity index (χ2v) is 4.95. The lowest BCUT2D eigenvalue weighted by Crippen LogP contribution is -2.37. The van der Waals surface area contributed by atoms with E-state index < -0.39 is 29.6 Å². The third-order valence-electron chi connectivity index (χ3n) is 3.70. The Morgan fingerprint density at radius 3 is 2.76 bits per heavy atom. The highest BCUT2D eigenvalue weighted by atomic mass is 16.6.